The predicted octanol–water partition coefficient (Wildman–Crippen LogP) is 1.83. The molecule has 0 bridgehead atoms. The predicted molar refractivity (Wildman–Crippen MR) is 141 cm³/mol. The number of nitrogens with two attached hydrogens (primary N) is 1. The van der Waals surface area contributed by atoms with E-state index in [1.807, 2.05) is 0 Å². The highest BCUT2D eigenvalue weighted by Crippen LogP contribution is 2.22. The van der Waals surface area contributed by atoms with E-state index in [1.165, 1.54) is 0 Å². The number of carbonyl (C=O) groups is 3. The molecule has 0 radical (unpaired) electrons. The molecule has 0 fully saturated rings. The number of ether oxygens (including phenoxy) is 2. The summed E-state index contributed by atoms with van der Waals surface area (Å²) < 4.78 is 8.85. The molecular formula is C21H39Br3N4O5. The van der Waals surface area contributed by atoms with Crippen molar-refractivity contribution in [1.29, 1.82) is 0 Å². The smallest absolute Gasteiger partial charge is 0.236 e. The largest absolute Gasteiger partial charge is 0.378 e. The summed E-state index contributed by atoms with van der Waals surface area (Å²) in [7, 11) is 0. The average molecular weight is 667 g/mol. The molecule has 0 spiro atoms. The van der Waals surface area contributed by atoms with Gasteiger partial charge in [-0.2, -0.15) is 0 Å². The fourth-order valence-electron chi connectivity index (χ4n) is 2.37. The van der Waals surface area contributed by atoms with Crippen LogP contribution in [0.2, 0.25) is 0 Å². The van der Waals surface area contributed by atoms with Crippen LogP contribution in [0.15, 0.2) is 0 Å². The van der Waals surface area contributed by atoms with Gasteiger partial charge in [-0.05, 0) is 41.5 Å². The first-order valence-electron chi connectivity index (χ1n) is 10.7. The Kier molecular flexibility index (Phi) is 14.2. The Labute approximate surface area is 222 Å². The lowest BCUT2D eigenvalue weighted by molar-refractivity contribution is -0.124. The van der Waals surface area contributed by atoms with Crippen molar-refractivity contribution >= 4 is 65.5 Å². The van der Waals surface area contributed by atoms with E-state index in [1.54, 1.807) is 41.5 Å². The summed E-state index contributed by atoms with van der Waals surface area (Å²) in [6.07, 6.45) is 0. The molecule has 0 aliphatic rings. The lowest BCUT2D eigenvalue weighted by Crippen LogP contribution is -2.57. The van der Waals surface area contributed by atoms with Gasteiger partial charge in [-0.3, -0.25) is 14.4 Å². The van der Waals surface area contributed by atoms with Gasteiger partial charge in [-0.15, -0.1) is 0 Å². The molecule has 5 N–H and O–H groups in total. The number of nitrogens with one attached hydrogen (secondary N) is 3. The molecule has 0 saturated heterocycles. The van der Waals surface area contributed by atoms with Gasteiger partial charge < -0.3 is 31.2 Å². The first-order chi connectivity index (χ1) is 14.9. The van der Waals surface area contributed by atoms with E-state index < -0.39 is 18.4 Å². The van der Waals surface area contributed by atoms with Crippen LogP contribution in [-0.4, -0.2) is 83.3 Å². The third-order valence-corrected chi connectivity index (χ3v) is 5.61. The molecule has 0 aliphatic carbocycles. The van der Waals surface area contributed by atoms with E-state index in [0.29, 0.717) is 26.4 Å². The molecule has 0 saturated carbocycles. The van der Waals surface area contributed by atoms with Crippen molar-refractivity contribution in [2.24, 2.45) is 11.1 Å². The van der Waals surface area contributed by atoms with Crippen molar-refractivity contribution < 1.29 is 23.9 Å². The topological polar surface area (TPSA) is 132 Å². The Morgan fingerprint density at radius 2 is 1.00 bits per heavy atom. The van der Waals surface area contributed by atoms with E-state index in [0.717, 1.165) is 0 Å². The minimum Gasteiger partial charge on any atom is -0.378 e. The Hall–Kier alpha value is -0.270. The van der Waals surface area contributed by atoms with E-state index in [-0.39, 0.29) is 44.0 Å². The maximum atomic E-state index is 12.5. The number of halogens is 3. The second-order valence-electron chi connectivity index (χ2n) is 9.42. The van der Waals surface area contributed by atoms with Crippen LogP contribution in [0.3, 0.4) is 0 Å². The lowest BCUT2D eigenvalue weighted by atomic mass is 9.87. The molecule has 0 aromatic carbocycles. The normalized spacial score (nSPS) is 12.9. The van der Waals surface area contributed by atoms with E-state index in [2.05, 4.69) is 63.7 Å². The summed E-state index contributed by atoms with van der Waals surface area (Å²) >= 11 is 10.1. The third-order valence-electron chi connectivity index (χ3n) is 4.53. The number of hydrogen-bond donors (Lipinski definition) is 4. The Balaban J connectivity index is 5.63. The minimum absolute atomic E-state index is 0.161. The lowest BCUT2D eigenvalue weighted by Gasteiger charge is -2.36. The highest BCUT2D eigenvalue weighted by Gasteiger charge is 2.37. The molecule has 12 heteroatoms. The van der Waals surface area contributed by atoms with Crippen LogP contribution in [0.25, 0.3) is 0 Å². The van der Waals surface area contributed by atoms with Gasteiger partial charge in [0, 0.05) is 31.6 Å². The van der Waals surface area contributed by atoms with Crippen LogP contribution in [0.5, 0.6) is 0 Å². The molecule has 0 rings (SSSR count). The standard InChI is InChI=1S/C21H39Br3N4O5/c1-18(2,22)15(29)26-11-21(12-27-16(30)19(3,4)23,13-28-17(31)20(5,6)24)14-33-10-9-32-8-7-25/h7-14,25H2,1-6H3,(H,26,29)(H,27,30)(H,28,31). The Morgan fingerprint density at radius 3 is 1.30 bits per heavy atom. The van der Waals surface area contributed by atoms with Crippen LogP contribution in [0.4, 0.5) is 0 Å². The second-order valence-corrected chi connectivity index (χ2v) is 15.4. The van der Waals surface area contributed by atoms with Crippen molar-refractivity contribution in [3.05, 3.63) is 0 Å². The third kappa shape index (κ3) is 14.0. The maximum Gasteiger partial charge on any atom is 0.236 e. The quantitative estimate of drug-likeness (QED) is 0.147. The molecule has 0 aromatic rings. The summed E-state index contributed by atoms with van der Waals surface area (Å²) in [5.41, 5.74) is 4.61. The highest BCUT2D eigenvalue weighted by atomic mass is 79.9. The van der Waals surface area contributed by atoms with E-state index >= 15 is 0 Å². The van der Waals surface area contributed by atoms with Gasteiger partial charge in [0.05, 0.1) is 39.4 Å². The van der Waals surface area contributed by atoms with Gasteiger partial charge in [0.1, 0.15) is 0 Å². The highest BCUT2D eigenvalue weighted by molar-refractivity contribution is 9.10. The van der Waals surface area contributed by atoms with Crippen LogP contribution in [-0.2, 0) is 23.9 Å². The zero-order chi connectivity index (χ0) is 25.9. The number of hydrogen-bond acceptors (Lipinski definition) is 6. The molecule has 0 aliphatic heterocycles. The summed E-state index contributed by atoms with van der Waals surface area (Å²) in [4.78, 5) is 37.6. The number of rotatable bonds is 16. The fourth-order valence-corrected chi connectivity index (χ4v) is 2.79. The van der Waals surface area contributed by atoms with E-state index in [9.17, 15) is 14.4 Å². The molecule has 0 aromatic heterocycles. The molecule has 3 amide bonds. The molecule has 194 valence electrons. The van der Waals surface area contributed by atoms with Gasteiger partial charge in [0.25, 0.3) is 0 Å². The van der Waals surface area contributed by atoms with E-state index in [4.69, 9.17) is 15.2 Å². The zero-order valence-corrected chi connectivity index (χ0v) is 25.2. The number of amides is 3. The summed E-state index contributed by atoms with van der Waals surface area (Å²) in [6.45, 7) is 12.6. The van der Waals surface area contributed by atoms with Gasteiger partial charge in [-0.1, -0.05) is 47.8 Å². The van der Waals surface area contributed by atoms with Crippen LogP contribution in [0, 0.1) is 5.41 Å². The zero-order valence-electron chi connectivity index (χ0n) is 20.4. The van der Waals surface area contributed by atoms with Crippen molar-refractivity contribution in [3.63, 3.8) is 0 Å². The van der Waals surface area contributed by atoms with Gasteiger partial charge in [-0.25, -0.2) is 0 Å². The SMILES string of the molecule is CC(C)(Br)C(=O)NCC(CNC(=O)C(C)(C)Br)(CNC(=O)C(C)(C)Br)COCCOCCN. The van der Waals surface area contributed by atoms with Crippen molar-refractivity contribution in [1.82, 2.24) is 16.0 Å². The van der Waals surface area contributed by atoms with Crippen molar-refractivity contribution in [3.8, 4) is 0 Å². The number of alkyl halides is 3. The Bertz CT molecular complexity index is 569. The van der Waals surface area contributed by atoms with Gasteiger partial charge in [0.2, 0.25) is 17.7 Å². The molecule has 9 nitrogen and oxygen atoms in total. The monoisotopic (exact) mass is 664 g/mol. The molecular weight excluding hydrogens is 628 g/mol. The summed E-state index contributed by atoms with van der Waals surface area (Å²) in [5, 5.41) is 8.73. The average Bonchev–Trinajstić information content (AvgIpc) is 2.68. The maximum absolute atomic E-state index is 12.5. The molecule has 0 heterocycles. The second kappa shape index (κ2) is 14.3. The first kappa shape index (κ1) is 32.7. The summed E-state index contributed by atoms with van der Waals surface area (Å²) in [5.74, 6) is -0.674. The van der Waals surface area contributed by atoms with Crippen molar-refractivity contribution in [2.45, 2.75) is 54.5 Å². The molecule has 0 atom stereocenters. The molecule has 0 unspecified atom stereocenters. The van der Waals surface area contributed by atoms with Crippen LogP contribution >= 0.6 is 47.8 Å². The summed E-state index contributed by atoms with van der Waals surface area (Å²) in [6, 6.07) is 0. The Morgan fingerprint density at radius 1 is 0.667 bits per heavy atom. The minimum atomic E-state index is -0.816. The van der Waals surface area contributed by atoms with Crippen LogP contribution < -0.4 is 21.7 Å². The van der Waals surface area contributed by atoms with Crippen LogP contribution in [0.1, 0.15) is 41.5 Å². The van der Waals surface area contributed by atoms with Gasteiger partial charge in [0.15, 0.2) is 0 Å². The van der Waals surface area contributed by atoms with Crippen molar-refractivity contribution in [2.75, 3.05) is 52.6 Å². The number of carbonyl (C=O) groups excluding carboxylic acids is 3. The fraction of sp³-hybridized carbons (Fsp3) is 0.857. The first-order valence-corrected chi connectivity index (χ1v) is 13.1. The molecule has 33 heavy (non-hydrogen) atoms. The van der Waals surface area contributed by atoms with Gasteiger partial charge >= 0.3 is 0 Å².